The van der Waals surface area contributed by atoms with Crippen molar-refractivity contribution in [1.82, 2.24) is 4.90 Å². The number of likely N-dealkylation sites (tertiary alicyclic amines) is 1. The number of anilines is 1. The molecular weight excluding hydrogens is 476 g/mol. The van der Waals surface area contributed by atoms with E-state index in [0.29, 0.717) is 17.4 Å². The van der Waals surface area contributed by atoms with Crippen molar-refractivity contribution in [2.24, 2.45) is 5.92 Å². The number of aryl methyl sites for hydroxylation is 1. The van der Waals surface area contributed by atoms with E-state index in [4.69, 9.17) is 14.6 Å². The van der Waals surface area contributed by atoms with Crippen molar-refractivity contribution in [3.05, 3.63) is 83.9 Å². The Morgan fingerprint density at radius 2 is 1.61 bits per heavy atom. The topological polar surface area (TPSA) is 71.0 Å². The third kappa shape index (κ3) is 9.10. The maximum absolute atomic E-state index is 11.8. The molecule has 1 fully saturated rings. The van der Waals surface area contributed by atoms with E-state index >= 15 is 0 Å². The number of phenolic OH excluding ortho intramolecular Hbond substituents is 1. The minimum absolute atomic E-state index is 0.0101. The summed E-state index contributed by atoms with van der Waals surface area (Å²) >= 11 is 0. The van der Waals surface area contributed by atoms with Gasteiger partial charge < -0.3 is 24.8 Å². The number of nitrogens with zero attached hydrogens (tertiary/aromatic N) is 1. The minimum atomic E-state index is 0.0101. The molecule has 1 amide bonds. The van der Waals surface area contributed by atoms with Gasteiger partial charge in [0.05, 0.1) is 14.2 Å². The van der Waals surface area contributed by atoms with Crippen LogP contribution in [0.2, 0.25) is 0 Å². The molecule has 3 aromatic rings. The van der Waals surface area contributed by atoms with E-state index in [0.717, 1.165) is 5.69 Å². The highest BCUT2D eigenvalue weighted by Crippen LogP contribution is 2.30. The van der Waals surface area contributed by atoms with Gasteiger partial charge in [0, 0.05) is 17.7 Å². The number of methoxy groups -OCH3 is 2. The fraction of sp³-hybridized carbons (Fsp3) is 0.406. The van der Waals surface area contributed by atoms with Crippen molar-refractivity contribution in [3.8, 4) is 17.2 Å². The second kappa shape index (κ2) is 15.0. The molecule has 0 bridgehead atoms. The normalized spacial score (nSPS) is 13.9. The molecular formula is C32H42N2O4. The van der Waals surface area contributed by atoms with E-state index in [1.807, 2.05) is 26.0 Å². The molecule has 1 heterocycles. The molecule has 0 radical (unpaired) electrons. The van der Waals surface area contributed by atoms with Gasteiger partial charge in [0.15, 0.2) is 11.5 Å². The van der Waals surface area contributed by atoms with Gasteiger partial charge in [-0.25, -0.2) is 0 Å². The molecule has 3 aromatic carbocycles. The highest BCUT2D eigenvalue weighted by Gasteiger charge is 2.20. The molecule has 6 heteroatoms. The van der Waals surface area contributed by atoms with Crippen molar-refractivity contribution >= 4 is 11.6 Å². The number of hydrogen-bond donors (Lipinski definition) is 2. The van der Waals surface area contributed by atoms with Crippen molar-refractivity contribution in [1.29, 1.82) is 0 Å². The molecule has 1 aliphatic rings. The Labute approximate surface area is 227 Å². The Balaban J connectivity index is 0.000000304. The molecule has 0 saturated carbocycles. The third-order valence-corrected chi connectivity index (χ3v) is 6.91. The molecule has 0 aromatic heterocycles. The summed E-state index contributed by atoms with van der Waals surface area (Å²) in [7, 11) is 3.08. The van der Waals surface area contributed by atoms with E-state index in [1.165, 1.54) is 69.6 Å². The molecule has 6 nitrogen and oxygen atoms in total. The Hall–Kier alpha value is -3.51. The zero-order valence-electron chi connectivity index (χ0n) is 23.2. The lowest BCUT2D eigenvalue weighted by atomic mass is 9.89. The first-order valence-corrected chi connectivity index (χ1v) is 13.5. The first kappa shape index (κ1) is 29.1. The van der Waals surface area contributed by atoms with Crippen LogP contribution in [0.4, 0.5) is 5.69 Å². The summed E-state index contributed by atoms with van der Waals surface area (Å²) < 4.78 is 9.89. The molecule has 4 rings (SSSR count). The van der Waals surface area contributed by atoms with Gasteiger partial charge in [0.2, 0.25) is 5.91 Å². The van der Waals surface area contributed by atoms with Crippen LogP contribution in [0.1, 0.15) is 50.2 Å². The zero-order chi connectivity index (χ0) is 27.3. The Bertz CT molecular complexity index is 1110. The molecule has 0 atom stereocenters. The van der Waals surface area contributed by atoms with Gasteiger partial charge in [0.1, 0.15) is 5.75 Å². The molecule has 38 heavy (non-hydrogen) atoms. The maximum Gasteiger partial charge on any atom is 0.226 e. The van der Waals surface area contributed by atoms with Crippen LogP contribution >= 0.6 is 0 Å². The first-order chi connectivity index (χ1) is 18.4. The Morgan fingerprint density at radius 1 is 0.947 bits per heavy atom. The summed E-state index contributed by atoms with van der Waals surface area (Å²) in [6.45, 7) is 7.40. The van der Waals surface area contributed by atoms with Crippen LogP contribution in [0.5, 0.6) is 17.2 Å². The summed E-state index contributed by atoms with van der Waals surface area (Å²) in [4.78, 5) is 14.4. The number of nitrogens with one attached hydrogen (secondary N) is 1. The lowest BCUT2D eigenvalue weighted by Crippen LogP contribution is -2.33. The van der Waals surface area contributed by atoms with Gasteiger partial charge in [-0.15, -0.1) is 0 Å². The molecule has 1 saturated heterocycles. The SMILES string of the molecule is CC(C)C(=O)Nc1ccc(C2CCN(CCCc3ccccc3)CC2)cc1.COc1ccc(O)cc1OC. The molecule has 2 N–H and O–H groups in total. The second-order valence-electron chi connectivity index (χ2n) is 10.0. The van der Waals surface area contributed by atoms with Gasteiger partial charge in [-0.3, -0.25) is 4.79 Å². The number of amides is 1. The van der Waals surface area contributed by atoms with Gasteiger partial charge in [-0.2, -0.15) is 0 Å². The fourth-order valence-electron chi connectivity index (χ4n) is 4.59. The number of aromatic hydroxyl groups is 1. The number of carbonyl (C=O) groups excluding carboxylic acids is 1. The minimum Gasteiger partial charge on any atom is -0.508 e. The van der Waals surface area contributed by atoms with Crippen LogP contribution in [0.15, 0.2) is 72.8 Å². The van der Waals surface area contributed by atoms with E-state index in [1.54, 1.807) is 19.2 Å². The van der Waals surface area contributed by atoms with Gasteiger partial charge >= 0.3 is 0 Å². The molecule has 1 aliphatic heterocycles. The predicted molar refractivity (Wildman–Crippen MR) is 154 cm³/mol. The quantitative estimate of drug-likeness (QED) is 0.338. The summed E-state index contributed by atoms with van der Waals surface area (Å²) in [5, 5.41) is 12.0. The summed E-state index contributed by atoms with van der Waals surface area (Å²) in [6, 6.07) is 23.9. The number of hydrogen-bond acceptors (Lipinski definition) is 5. The van der Waals surface area contributed by atoms with Crippen LogP contribution < -0.4 is 14.8 Å². The smallest absolute Gasteiger partial charge is 0.226 e. The van der Waals surface area contributed by atoms with E-state index in [9.17, 15) is 4.79 Å². The average molecular weight is 519 g/mol. The predicted octanol–water partition coefficient (Wildman–Crippen LogP) is 6.50. The van der Waals surface area contributed by atoms with Gasteiger partial charge in [-0.1, -0.05) is 56.3 Å². The van der Waals surface area contributed by atoms with Crippen molar-refractivity contribution in [2.75, 3.05) is 39.2 Å². The summed E-state index contributed by atoms with van der Waals surface area (Å²) in [6.07, 6.45) is 4.86. The van der Waals surface area contributed by atoms with E-state index in [2.05, 4.69) is 52.7 Å². The lowest BCUT2D eigenvalue weighted by Gasteiger charge is -2.32. The van der Waals surface area contributed by atoms with E-state index in [-0.39, 0.29) is 17.6 Å². The lowest BCUT2D eigenvalue weighted by molar-refractivity contribution is -0.118. The van der Waals surface area contributed by atoms with Crippen LogP contribution in [0, 0.1) is 5.92 Å². The standard InChI is InChI=1S/C24H32N2O.C8H10O3/c1-19(2)24(27)25-23-12-10-21(11-13-23)22-14-17-26(18-15-22)16-6-9-20-7-4-3-5-8-20;1-10-7-4-3-6(9)5-8(7)11-2/h3-5,7-8,10-13,19,22H,6,9,14-18H2,1-2H3,(H,25,27);3-5,9H,1-2H3. The summed E-state index contributed by atoms with van der Waals surface area (Å²) in [5.74, 6) is 2.05. The molecule has 0 spiro atoms. The number of benzene rings is 3. The first-order valence-electron chi connectivity index (χ1n) is 13.5. The van der Waals surface area contributed by atoms with Crippen LogP contribution in [-0.4, -0.2) is 49.8 Å². The van der Waals surface area contributed by atoms with Crippen LogP contribution in [0.3, 0.4) is 0 Å². The maximum atomic E-state index is 11.8. The Kier molecular flexibility index (Phi) is 11.5. The average Bonchev–Trinajstić information content (AvgIpc) is 2.94. The monoisotopic (exact) mass is 518 g/mol. The third-order valence-electron chi connectivity index (χ3n) is 6.91. The number of ether oxygens (including phenoxy) is 2. The number of piperidine rings is 1. The van der Waals surface area contributed by atoms with Gasteiger partial charge in [0.25, 0.3) is 0 Å². The number of rotatable bonds is 9. The fourth-order valence-corrected chi connectivity index (χ4v) is 4.59. The highest BCUT2D eigenvalue weighted by molar-refractivity contribution is 5.92. The number of carbonyl (C=O) groups is 1. The van der Waals surface area contributed by atoms with E-state index < -0.39 is 0 Å². The van der Waals surface area contributed by atoms with Crippen molar-refractivity contribution in [3.63, 3.8) is 0 Å². The zero-order valence-corrected chi connectivity index (χ0v) is 23.2. The molecule has 204 valence electrons. The van der Waals surface area contributed by atoms with Crippen LogP contribution in [-0.2, 0) is 11.2 Å². The van der Waals surface area contributed by atoms with Crippen LogP contribution in [0.25, 0.3) is 0 Å². The van der Waals surface area contributed by atoms with Gasteiger partial charge in [-0.05, 0) is 86.6 Å². The Morgan fingerprint density at radius 3 is 2.21 bits per heavy atom. The van der Waals surface area contributed by atoms with Crippen molar-refractivity contribution in [2.45, 2.75) is 45.4 Å². The van der Waals surface area contributed by atoms with Crippen molar-refractivity contribution < 1.29 is 19.4 Å². The second-order valence-corrected chi connectivity index (χ2v) is 10.0. The largest absolute Gasteiger partial charge is 0.508 e. The molecule has 0 unspecified atom stereocenters. The summed E-state index contributed by atoms with van der Waals surface area (Å²) in [5.41, 5.74) is 3.74. The highest BCUT2D eigenvalue weighted by atomic mass is 16.5. The number of phenols is 1. The molecule has 0 aliphatic carbocycles.